The third kappa shape index (κ3) is 12.9. The van der Waals surface area contributed by atoms with Gasteiger partial charge in [-0.3, -0.25) is 9.69 Å². The van der Waals surface area contributed by atoms with Crippen LogP contribution in [0.5, 0.6) is 0 Å². The van der Waals surface area contributed by atoms with Crippen LogP contribution in [0, 0.1) is 19.3 Å². The van der Waals surface area contributed by atoms with Gasteiger partial charge in [0.2, 0.25) is 5.69 Å². The zero-order chi connectivity index (χ0) is 56.8. The largest absolute Gasteiger partial charge is 0.493 e. The van der Waals surface area contributed by atoms with Gasteiger partial charge >= 0.3 is 12.2 Å². The topological polar surface area (TPSA) is 119 Å². The first-order valence-electron chi connectivity index (χ1n) is 28.5. The smallest absolute Gasteiger partial charge is 0.407 e. The molecule has 4 aromatic carbocycles. The van der Waals surface area contributed by atoms with E-state index in [2.05, 4.69) is 143 Å². The number of anilines is 5. The molecule has 2 heterocycles. The van der Waals surface area contributed by atoms with Gasteiger partial charge in [-0.2, -0.15) is 4.58 Å². The van der Waals surface area contributed by atoms with E-state index in [0.717, 1.165) is 73.5 Å². The maximum absolute atomic E-state index is 13.8. The molecule has 4 aliphatic rings. The van der Waals surface area contributed by atoms with Crippen molar-refractivity contribution in [2.75, 3.05) is 87.2 Å². The number of nitrogens with one attached hydrogen (secondary N) is 2. The molecule has 2 N–H and O–H groups in total. The van der Waals surface area contributed by atoms with Crippen LogP contribution >= 0.6 is 0 Å². The molecule has 420 valence electrons. The van der Waals surface area contributed by atoms with Gasteiger partial charge in [-0.05, 0) is 169 Å². The second-order valence-corrected chi connectivity index (χ2v) is 23.7. The summed E-state index contributed by atoms with van der Waals surface area (Å²) in [5, 5.41) is 6.01. The summed E-state index contributed by atoms with van der Waals surface area (Å²) in [6, 6.07) is 28.7. The van der Waals surface area contributed by atoms with E-state index in [1.54, 1.807) is 4.90 Å². The van der Waals surface area contributed by atoms with E-state index in [0.29, 0.717) is 37.4 Å². The molecule has 0 aromatic heterocycles. The Morgan fingerprint density at radius 2 is 1.37 bits per heavy atom. The molecule has 13 nitrogen and oxygen atoms in total. The van der Waals surface area contributed by atoms with Crippen molar-refractivity contribution < 1.29 is 33.2 Å². The third-order valence-corrected chi connectivity index (χ3v) is 16.5. The Kier molecular flexibility index (Phi) is 17.9. The molecule has 2 unspecified atom stereocenters. The Bertz CT molecular complexity index is 3000. The number of rotatable bonds is 19. The lowest BCUT2D eigenvalue weighted by atomic mass is 9.73. The first-order valence-corrected chi connectivity index (χ1v) is 28.5. The number of benzene rings is 4. The van der Waals surface area contributed by atoms with Gasteiger partial charge in [0.05, 0.1) is 18.6 Å². The van der Waals surface area contributed by atoms with Crippen LogP contribution < -0.4 is 30.2 Å². The predicted octanol–water partition coefficient (Wildman–Crippen LogP) is 13.2. The van der Waals surface area contributed by atoms with E-state index in [9.17, 15) is 14.4 Å². The van der Waals surface area contributed by atoms with Crippen LogP contribution in [0.1, 0.15) is 116 Å². The normalized spacial score (nSPS) is 20.2. The molecule has 1 fully saturated rings. The minimum atomic E-state index is -0.651. The summed E-state index contributed by atoms with van der Waals surface area (Å²) in [7, 11) is 7.85. The molecule has 79 heavy (non-hydrogen) atoms. The van der Waals surface area contributed by atoms with Gasteiger partial charge in [0.25, 0.3) is 5.91 Å². The van der Waals surface area contributed by atoms with Crippen LogP contribution in [0.2, 0.25) is 0 Å². The molecule has 0 spiro atoms. The molecule has 2 aliphatic carbocycles. The molecular formula is C66H86N7O6+. The number of carbonyl (C=O) groups excluding carboxylic acids is 3. The van der Waals surface area contributed by atoms with E-state index in [1.807, 2.05) is 86.5 Å². The fourth-order valence-electron chi connectivity index (χ4n) is 12.1. The molecule has 1 saturated carbocycles. The molecule has 0 radical (unpaired) electrons. The summed E-state index contributed by atoms with van der Waals surface area (Å²) in [4.78, 5) is 48.3. The van der Waals surface area contributed by atoms with Crippen LogP contribution in [0.15, 0.2) is 132 Å². The summed E-state index contributed by atoms with van der Waals surface area (Å²) < 4.78 is 20.5. The van der Waals surface area contributed by atoms with Gasteiger partial charge in [0, 0.05) is 111 Å². The number of carbonyl (C=O) groups is 3. The minimum absolute atomic E-state index is 0.158. The average molecular weight is 1070 g/mol. The Hall–Kier alpha value is -7.28. The average Bonchev–Trinajstić information content (AvgIpc) is 4.04. The summed E-state index contributed by atoms with van der Waals surface area (Å²) in [5.74, 6) is 0.526. The highest BCUT2D eigenvalue weighted by atomic mass is 16.6. The lowest BCUT2D eigenvalue weighted by Crippen LogP contribution is -2.46. The van der Waals surface area contributed by atoms with Gasteiger partial charge in [0.15, 0.2) is 12.3 Å². The van der Waals surface area contributed by atoms with Gasteiger partial charge in [-0.25, -0.2) is 9.59 Å². The number of hydrogen-bond acceptors (Lipinski definition) is 9. The molecule has 3 amide bonds. The highest BCUT2D eigenvalue weighted by Crippen LogP contribution is 2.48. The van der Waals surface area contributed by atoms with Crippen molar-refractivity contribution in [2.45, 2.75) is 124 Å². The number of allylic oxidation sites excluding steroid dienone is 7. The minimum Gasteiger partial charge on any atom is -0.493 e. The number of fused-ring (bicyclic) bond motifs is 2. The zero-order valence-electron chi connectivity index (χ0n) is 49.3. The van der Waals surface area contributed by atoms with Crippen molar-refractivity contribution in [1.82, 2.24) is 10.6 Å². The number of nitrogens with zero attached hydrogens (tertiary/aromatic N) is 5. The quantitative estimate of drug-likeness (QED) is 0.0699. The Morgan fingerprint density at radius 3 is 2.00 bits per heavy atom. The molecule has 0 saturated heterocycles. The predicted molar refractivity (Wildman–Crippen MR) is 322 cm³/mol. The van der Waals surface area contributed by atoms with E-state index < -0.39 is 18.8 Å². The number of ether oxygens (including phenoxy) is 3. The molecular weight excluding hydrogens is 987 g/mol. The lowest BCUT2D eigenvalue weighted by molar-refractivity contribution is -0.433. The van der Waals surface area contributed by atoms with Crippen molar-refractivity contribution in [3.05, 3.63) is 154 Å². The van der Waals surface area contributed by atoms with Crippen LogP contribution in [-0.4, -0.2) is 102 Å². The van der Waals surface area contributed by atoms with Crippen LogP contribution in [0.25, 0.3) is 0 Å². The zero-order valence-corrected chi connectivity index (χ0v) is 49.3. The second-order valence-electron chi connectivity index (χ2n) is 23.7. The molecule has 2 atom stereocenters. The second kappa shape index (κ2) is 24.4. The highest BCUT2D eigenvalue weighted by Gasteiger charge is 2.44. The van der Waals surface area contributed by atoms with Crippen molar-refractivity contribution in [2.24, 2.45) is 5.41 Å². The van der Waals surface area contributed by atoms with Crippen molar-refractivity contribution in [3.63, 3.8) is 0 Å². The standard InChI is InChI=1S/C66H85N7O6/c1-14-71-56-33-19-45(3)40-54(56)64(5,6)58(71)35-23-47-21-22-48(24-36-59-65(7,8)55-41-46(4)20-34-57(55)72(59)15-2)61(47)77-38-17-39-78-62(75)67-44-66(9)37-16-18-49(42-66)68-63(76)79-43-60(74)73(52-29-25-50(26-30-52)69(10)11)53-31-27-51(28-32-53)70(12)13/h19-20,23-36,40-41,49H,14-18,21-22,37-39,42-44H2,1-13H3,(H-,67,68,75,76)/p+1. The number of hydrogen-bond donors (Lipinski definition) is 2. The fourth-order valence-corrected chi connectivity index (χ4v) is 12.1. The molecule has 0 bridgehead atoms. The highest BCUT2D eigenvalue weighted by molar-refractivity contribution is 6.04. The van der Waals surface area contributed by atoms with E-state index in [-0.39, 0.29) is 34.8 Å². The molecule has 2 aliphatic heterocycles. The Balaban J connectivity index is 0.865. The van der Waals surface area contributed by atoms with Gasteiger partial charge < -0.3 is 39.5 Å². The first kappa shape index (κ1) is 57.9. The number of alkyl carbamates (subject to hydrolysis) is 2. The maximum atomic E-state index is 13.8. The van der Waals surface area contributed by atoms with Gasteiger partial charge in [-0.15, -0.1) is 0 Å². The van der Waals surface area contributed by atoms with E-state index in [4.69, 9.17) is 14.2 Å². The molecule has 4 aromatic rings. The van der Waals surface area contributed by atoms with E-state index in [1.165, 1.54) is 45.0 Å². The van der Waals surface area contributed by atoms with Crippen molar-refractivity contribution >= 4 is 57.9 Å². The van der Waals surface area contributed by atoms with E-state index >= 15 is 0 Å². The summed E-state index contributed by atoms with van der Waals surface area (Å²) in [5.41, 5.74) is 15.4. The SMILES string of the molecule is CCN1/C(=C/C=C2\CCC(/C=C/C3=[N+](CC)c4ccc(C)cc4C3(C)C)=C2OCCCOC(=O)NCC2(C)CCCC(NC(=O)OCC(=O)N(c3ccc(N(C)C)cc3)c3ccc(N(C)C)cc3)C2)C(C)(C)c2cc(C)ccc21. The number of amides is 3. The Morgan fingerprint density at radius 1 is 0.734 bits per heavy atom. The summed E-state index contributed by atoms with van der Waals surface area (Å²) >= 11 is 0. The van der Waals surface area contributed by atoms with Gasteiger partial charge in [-0.1, -0.05) is 62.6 Å². The number of likely N-dealkylation sites (N-methyl/N-ethyl adjacent to an activating group) is 1. The summed E-state index contributed by atoms with van der Waals surface area (Å²) in [6.45, 7) is 22.4. The first-order chi connectivity index (χ1) is 37.6. The molecule has 13 heteroatoms. The van der Waals surface area contributed by atoms with Crippen LogP contribution in [0.4, 0.5) is 43.7 Å². The van der Waals surface area contributed by atoms with Gasteiger partial charge in [0.1, 0.15) is 12.3 Å². The third-order valence-electron chi connectivity index (χ3n) is 16.5. The van der Waals surface area contributed by atoms with Crippen LogP contribution in [-0.2, 0) is 29.8 Å². The van der Waals surface area contributed by atoms with Crippen molar-refractivity contribution in [3.8, 4) is 0 Å². The fraction of sp³-hybridized carbons (Fsp3) is 0.455. The monoisotopic (exact) mass is 1070 g/mol. The number of aryl methyl sites for hydroxylation is 2. The molecule has 8 rings (SSSR count). The Labute approximate surface area is 470 Å². The lowest BCUT2D eigenvalue weighted by Gasteiger charge is -2.38. The summed E-state index contributed by atoms with van der Waals surface area (Å²) in [6.07, 6.45) is 13.4. The maximum Gasteiger partial charge on any atom is 0.407 e. The van der Waals surface area contributed by atoms with Crippen molar-refractivity contribution in [1.29, 1.82) is 0 Å². The van der Waals surface area contributed by atoms with Crippen LogP contribution in [0.3, 0.4) is 0 Å².